The highest BCUT2D eigenvalue weighted by Crippen LogP contribution is 2.27. The second-order valence-electron chi connectivity index (χ2n) is 5.89. The first-order chi connectivity index (χ1) is 12.2. The van der Waals surface area contributed by atoms with E-state index in [1.165, 1.54) is 17.3 Å². The lowest BCUT2D eigenvalue weighted by Gasteiger charge is -2.18. The summed E-state index contributed by atoms with van der Waals surface area (Å²) < 4.78 is 0. The number of nitrogens with two attached hydrogens (primary N) is 1. The van der Waals surface area contributed by atoms with Crippen LogP contribution in [0, 0.1) is 0 Å². The fraction of sp³-hybridized carbons (Fsp3) is 0.143. The summed E-state index contributed by atoms with van der Waals surface area (Å²) in [4.78, 5) is 16.2. The Morgan fingerprint density at radius 3 is 2.00 bits per heavy atom. The van der Waals surface area contributed by atoms with Gasteiger partial charge in [-0.15, -0.1) is 12.4 Å². The van der Waals surface area contributed by atoms with Gasteiger partial charge in [-0.25, -0.2) is 4.98 Å². The van der Waals surface area contributed by atoms with Crippen molar-refractivity contribution >= 4 is 24.1 Å². The van der Waals surface area contributed by atoms with E-state index in [1.54, 1.807) is 12.1 Å². The first kappa shape index (κ1) is 19.5. The molecular weight excluding hydrogens is 346 g/mol. The Kier molecular flexibility index (Phi) is 7.18. The maximum absolute atomic E-state index is 12.2. The predicted octanol–water partition coefficient (Wildman–Crippen LogP) is 4.04. The molecule has 0 spiro atoms. The Hall–Kier alpha value is -2.85. The van der Waals surface area contributed by atoms with E-state index in [1.807, 2.05) is 36.4 Å². The zero-order valence-corrected chi connectivity index (χ0v) is 15.2. The summed E-state index contributed by atoms with van der Waals surface area (Å²) in [6.07, 6.45) is 2.32. The zero-order chi connectivity index (χ0) is 17.5. The van der Waals surface area contributed by atoms with Crippen molar-refractivity contribution in [1.29, 1.82) is 0 Å². The van der Waals surface area contributed by atoms with E-state index >= 15 is 0 Å². The van der Waals surface area contributed by atoms with Crippen molar-refractivity contribution in [3.63, 3.8) is 0 Å². The molecule has 0 fully saturated rings. The molecule has 3 rings (SSSR count). The van der Waals surface area contributed by atoms with Crippen molar-refractivity contribution < 1.29 is 4.79 Å². The van der Waals surface area contributed by atoms with Crippen molar-refractivity contribution in [1.82, 2.24) is 10.3 Å². The van der Waals surface area contributed by atoms with Gasteiger partial charge in [0.2, 0.25) is 0 Å². The van der Waals surface area contributed by atoms with Gasteiger partial charge in [-0.2, -0.15) is 0 Å². The smallest absolute Gasteiger partial charge is 0.252 e. The minimum atomic E-state index is -0.132. The Balaban J connectivity index is 0.00000243. The third-order valence-electron chi connectivity index (χ3n) is 4.17. The lowest BCUT2D eigenvalue weighted by atomic mass is 9.88. The van der Waals surface area contributed by atoms with Crippen LogP contribution in [0.2, 0.25) is 0 Å². The van der Waals surface area contributed by atoms with Crippen molar-refractivity contribution in [2.75, 3.05) is 12.3 Å². The fourth-order valence-electron chi connectivity index (χ4n) is 2.87. The molecule has 26 heavy (non-hydrogen) atoms. The summed E-state index contributed by atoms with van der Waals surface area (Å²) in [7, 11) is 0. The average molecular weight is 368 g/mol. The minimum Gasteiger partial charge on any atom is -0.384 e. The van der Waals surface area contributed by atoms with E-state index in [-0.39, 0.29) is 24.2 Å². The van der Waals surface area contributed by atoms with Gasteiger partial charge in [-0.05, 0) is 29.7 Å². The van der Waals surface area contributed by atoms with Crippen LogP contribution in [0.15, 0.2) is 79.0 Å². The number of benzene rings is 2. The van der Waals surface area contributed by atoms with Crippen molar-refractivity contribution in [3.8, 4) is 0 Å². The van der Waals surface area contributed by atoms with E-state index in [4.69, 9.17) is 5.73 Å². The van der Waals surface area contributed by atoms with Crippen LogP contribution in [0.5, 0.6) is 0 Å². The first-order valence-electron chi connectivity index (χ1n) is 8.33. The zero-order valence-electron chi connectivity index (χ0n) is 14.3. The molecule has 2 aromatic carbocycles. The largest absolute Gasteiger partial charge is 0.384 e. The molecule has 0 unspecified atom stereocenters. The molecule has 0 aliphatic rings. The second-order valence-corrected chi connectivity index (χ2v) is 5.89. The summed E-state index contributed by atoms with van der Waals surface area (Å²) >= 11 is 0. The number of anilines is 1. The first-order valence-corrected chi connectivity index (χ1v) is 8.33. The van der Waals surface area contributed by atoms with Gasteiger partial charge in [0.15, 0.2) is 0 Å². The summed E-state index contributed by atoms with van der Waals surface area (Å²) in [6.45, 7) is 0.581. The van der Waals surface area contributed by atoms with Crippen molar-refractivity contribution in [3.05, 3.63) is 95.7 Å². The van der Waals surface area contributed by atoms with E-state index in [9.17, 15) is 4.79 Å². The molecular formula is C21H22ClN3O. The normalized spacial score (nSPS) is 10.2. The molecule has 0 bridgehead atoms. The fourth-order valence-corrected chi connectivity index (χ4v) is 2.87. The predicted molar refractivity (Wildman–Crippen MR) is 108 cm³/mol. The van der Waals surface area contributed by atoms with Crippen LogP contribution in [0.4, 0.5) is 5.82 Å². The van der Waals surface area contributed by atoms with Crippen LogP contribution < -0.4 is 11.1 Å². The molecule has 5 heteroatoms. The molecule has 0 radical (unpaired) electrons. The number of halogens is 1. The van der Waals surface area contributed by atoms with E-state index in [0.717, 1.165) is 6.42 Å². The van der Waals surface area contributed by atoms with Gasteiger partial charge in [-0.3, -0.25) is 4.79 Å². The topological polar surface area (TPSA) is 68.0 Å². The summed E-state index contributed by atoms with van der Waals surface area (Å²) in [5.41, 5.74) is 8.57. The van der Waals surface area contributed by atoms with E-state index in [2.05, 4.69) is 34.6 Å². The molecule has 0 saturated carbocycles. The molecule has 0 atom stereocenters. The van der Waals surface area contributed by atoms with Crippen LogP contribution in [0.25, 0.3) is 0 Å². The molecule has 4 nitrogen and oxygen atoms in total. The molecule has 1 amide bonds. The highest BCUT2D eigenvalue weighted by atomic mass is 35.5. The molecule has 134 valence electrons. The summed E-state index contributed by atoms with van der Waals surface area (Å²) in [5.74, 6) is 0.518. The monoisotopic (exact) mass is 367 g/mol. The number of nitrogens with one attached hydrogen (secondary N) is 1. The maximum atomic E-state index is 12.2. The van der Waals surface area contributed by atoms with Gasteiger partial charge in [-0.1, -0.05) is 60.7 Å². The Morgan fingerprint density at radius 1 is 0.923 bits per heavy atom. The standard InChI is InChI=1S/C21H21N3O.ClH/c22-20-12-11-18(15-24-20)21(25)23-14-13-19(16-7-3-1-4-8-16)17-9-5-2-6-10-17;/h1-12,15,19H,13-14H2,(H2,22,24)(H,23,25);1H. The number of carbonyl (C=O) groups is 1. The number of amides is 1. The molecule has 1 heterocycles. The van der Waals surface area contributed by atoms with Gasteiger partial charge in [0.1, 0.15) is 5.82 Å². The lowest BCUT2D eigenvalue weighted by molar-refractivity contribution is 0.0952. The van der Waals surface area contributed by atoms with Gasteiger partial charge >= 0.3 is 0 Å². The van der Waals surface area contributed by atoms with Gasteiger partial charge in [0, 0.05) is 18.7 Å². The minimum absolute atomic E-state index is 0. The number of aromatic nitrogens is 1. The molecule has 3 N–H and O–H groups in total. The van der Waals surface area contributed by atoms with Crippen LogP contribution in [-0.4, -0.2) is 17.4 Å². The molecule has 3 aromatic rings. The summed E-state index contributed by atoms with van der Waals surface area (Å²) in [5, 5.41) is 2.97. The highest BCUT2D eigenvalue weighted by molar-refractivity contribution is 5.93. The molecule has 0 saturated heterocycles. The van der Waals surface area contributed by atoms with Crippen molar-refractivity contribution in [2.45, 2.75) is 12.3 Å². The molecule has 0 aliphatic heterocycles. The number of pyridine rings is 1. The van der Waals surface area contributed by atoms with E-state index < -0.39 is 0 Å². The number of nitrogens with zero attached hydrogens (tertiary/aromatic N) is 1. The van der Waals surface area contributed by atoms with Crippen molar-refractivity contribution in [2.24, 2.45) is 0 Å². The quantitative estimate of drug-likeness (QED) is 0.691. The maximum Gasteiger partial charge on any atom is 0.252 e. The third kappa shape index (κ3) is 5.07. The Bertz CT molecular complexity index is 768. The van der Waals surface area contributed by atoms with Gasteiger partial charge in [0.05, 0.1) is 5.56 Å². The van der Waals surface area contributed by atoms with Crippen LogP contribution in [0.1, 0.15) is 33.8 Å². The molecule has 1 aromatic heterocycles. The third-order valence-corrected chi connectivity index (χ3v) is 4.17. The van der Waals surface area contributed by atoms with E-state index in [0.29, 0.717) is 17.9 Å². The number of hydrogen-bond acceptors (Lipinski definition) is 3. The molecule has 0 aliphatic carbocycles. The Labute approximate surface area is 159 Å². The van der Waals surface area contributed by atoms with Crippen LogP contribution >= 0.6 is 12.4 Å². The highest BCUT2D eigenvalue weighted by Gasteiger charge is 2.14. The van der Waals surface area contributed by atoms with Crippen LogP contribution in [0.3, 0.4) is 0 Å². The number of rotatable bonds is 6. The van der Waals surface area contributed by atoms with Gasteiger partial charge in [0.25, 0.3) is 5.91 Å². The van der Waals surface area contributed by atoms with Crippen LogP contribution in [-0.2, 0) is 0 Å². The lowest BCUT2D eigenvalue weighted by Crippen LogP contribution is -2.26. The SMILES string of the molecule is Cl.Nc1ccc(C(=O)NCCC(c2ccccc2)c2ccccc2)cn1. The second kappa shape index (κ2) is 9.59. The summed E-state index contributed by atoms with van der Waals surface area (Å²) in [6, 6.07) is 24.0. The number of carbonyl (C=O) groups excluding carboxylic acids is 1. The average Bonchev–Trinajstić information content (AvgIpc) is 2.67. The Morgan fingerprint density at radius 2 is 1.50 bits per heavy atom. The number of hydrogen-bond donors (Lipinski definition) is 2. The number of nitrogen functional groups attached to an aromatic ring is 1. The van der Waals surface area contributed by atoms with Gasteiger partial charge < -0.3 is 11.1 Å².